The summed E-state index contributed by atoms with van der Waals surface area (Å²) in [5, 5.41) is 3.09. The van der Waals surface area contributed by atoms with Gasteiger partial charge in [-0.3, -0.25) is 0 Å². The molecule has 0 saturated carbocycles. The minimum Gasteiger partial charge on any atom is -0.452 e. The largest absolute Gasteiger partial charge is 0.452 e. The van der Waals surface area contributed by atoms with Gasteiger partial charge in [0.1, 0.15) is 10.7 Å². The summed E-state index contributed by atoms with van der Waals surface area (Å²) in [5.74, 6) is 0.590. The molecule has 1 aromatic rings. The fourth-order valence-corrected chi connectivity index (χ4v) is 3.67. The van der Waals surface area contributed by atoms with Gasteiger partial charge in [-0.15, -0.1) is 0 Å². The van der Waals surface area contributed by atoms with Gasteiger partial charge in [0, 0.05) is 12.6 Å². The quantitative estimate of drug-likeness (QED) is 0.645. The molecule has 0 fully saturated rings. The lowest BCUT2D eigenvalue weighted by molar-refractivity contribution is 0.400. The summed E-state index contributed by atoms with van der Waals surface area (Å²) in [6, 6.07) is 1.54. The molecule has 1 aromatic heterocycles. The maximum atomic E-state index is 12.1. The highest BCUT2D eigenvalue weighted by molar-refractivity contribution is 9.10. The molecule has 8 heteroatoms. The Bertz CT molecular complexity index is 514. The fourth-order valence-electron chi connectivity index (χ4n) is 1.60. The van der Waals surface area contributed by atoms with E-state index in [1.807, 2.05) is 25.9 Å². The molecule has 6 nitrogen and oxygen atoms in total. The van der Waals surface area contributed by atoms with Crippen LogP contribution in [0.25, 0.3) is 0 Å². The van der Waals surface area contributed by atoms with Crippen molar-refractivity contribution < 1.29 is 12.8 Å². The first kappa shape index (κ1) is 17.6. The lowest BCUT2D eigenvalue weighted by atomic mass is 10.4. The van der Waals surface area contributed by atoms with Gasteiger partial charge in [0.25, 0.3) is 0 Å². The monoisotopic (exact) mass is 367 g/mol. The van der Waals surface area contributed by atoms with Crippen molar-refractivity contribution >= 4 is 26.0 Å². The molecule has 1 rings (SSSR count). The van der Waals surface area contributed by atoms with Gasteiger partial charge >= 0.3 is 0 Å². The van der Waals surface area contributed by atoms with Crippen LogP contribution in [0.1, 0.15) is 19.1 Å². The molecular weight excluding hydrogens is 346 g/mol. The van der Waals surface area contributed by atoms with Gasteiger partial charge in [0.05, 0.1) is 6.54 Å². The van der Waals surface area contributed by atoms with Crippen LogP contribution in [0, 0.1) is 0 Å². The van der Waals surface area contributed by atoms with E-state index >= 15 is 0 Å². The molecule has 20 heavy (non-hydrogen) atoms. The molecule has 0 aliphatic rings. The number of sulfonamides is 1. The molecule has 0 saturated heterocycles. The summed E-state index contributed by atoms with van der Waals surface area (Å²) in [6.07, 6.45) is 0.756. The Morgan fingerprint density at radius 2 is 2.10 bits per heavy atom. The minimum absolute atomic E-state index is 0.148. The minimum atomic E-state index is -3.53. The third-order valence-corrected chi connectivity index (χ3v) is 4.94. The Labute approximate surface area is 129 Å². The van der Waals surface area contributed by atoms with E-state index in [9.17, 15) is 8.42 Å². The Balaban J connectivity index is 2.64. The fraction of sp³-hybridized carbons (Fsp3) is 0.667. The molecular formula is C12H22BrN3O3S. The van der Waals surface area contributed by atoms with E-state index < -0.39 is 10.0 Å². The number of nitrogens with zero attached hydrogens (tertiary/aromatic N) is 1. The van der Waals surface area contributed by atoms with Crippen LogP contribution in [0.5, 0.6) is 0 Å². The SMILES string of the molecule is CCNCc1cc(S(=O)(=O)NCCCN(C)C)c(Br)o1. The van der Waals surface area contributed by atoms with E-state index in [0.717, 1.165) is 19.5 Å². The molecule has 0 aliphatic heterocycles. The van der Waals surface area contributed by atoms with Crippen molar-refractivity contribution in [3.05, 3.63) is 16.5 Å². The number of hydrogen-bond acceptors (Lipinski definition) is 5. The maximum absolute atomic E-state index is 12.1. The van der Waals surface area contributed by atoms with Crippen molar-refractivity contribution in [2.75, 3.05) is 33.7 Å². The van der Waals surface area contributed by atoms with Gasteiger partial charge in [0.2, 0.25) is 10.0 Å². The van der Waals surface area contributed by atoms with Crippen LogP contribution in [0.15, 0.2) is 20.0 Å². The van der Waals surface area contributed by atoms with Crippen LogP contribution < -0.4 is 10.0 Å². The second-order valence-electron chi connectivity index (χ2n) is 4.69. The summed E-state index contributed by atoms with van der Waals surface area (Å²) in [6.45, 7) is 4.51. The van der Waals surface area contributed by atoms with Crippen molar-refractivity contribution in [3.8, 4) is 0 Å². The zero-order valence-corrected chi connectivity index (χ0v) is 14.5. The molecule has 0 aromatic carbocycles. The number of furan rings is 1. The number of hydrogen-bond donors (Lipinski definition) is 2. The summed E-state index contributed by atoms with van der Waals surface area (Å²) in [4.78, 5) is 2.16. The van der Waals surface area contributed by atoms with Crippen LogP contribution in [0.2, 0.25) is 0 Å². The molecule has 0 aliphatic carbocycles. The van der Waals surface area contributed by atoms with Gasteiger partial charge in [-0.1, -0.05) is 6.92 Å². The summed E-state index contributed by atoms with van der Waals surface area (Å²) < 4.78 is 32.5. The predicted molar refractivity (Wildman–Crippen MR) is 82.1 cm³/mol. The highest BCUT2D eigenvalue weighted by atomic mass is 79.9. The number of nitrogens with one attached hydrogen (secondary N) is 2. The van der Waals surface area contributed by atoms with Crippen LogP contribution in [-0.2, 0) is 16.6 Å². The van der Waals surface area contributed by atoms with Gasteiger partial charge < -0.3 is 14.6 Å². The van der Waals surface area contributed by atoms with Gasteiger partial charge in [-0.05, 0) is 49.5 Å². The van der Waals surface area contributed by atoms with Crippen LogP contribution in [0.3, 0.4) is 0 Å². The predicted octanol–water partition coefficient (Wildman–Crippen LogP) is 1.38. The van der Waals surface area contributed by atoms with Gasteiger partial charge in [-0.25, -0.2) is 13.1 Å². The van der Waals surface area contributed by atoms with Crippen molar-refractivity contribution in [2.24, 2.45) is 0 Å². The Kier molecular flexibility index (Phi) is 7.18. The molecule has 1 heterocycles. The van der Waals surface area contributed by atoms with Crippen LogP contribution in [-0.4, -0.2) is 47.0 Å². The molecule has 0 unspecified atom stereocenters. The van der Waals surface area contributed by atoms with Crippen molar-refractivity contribution in [3.63, 3.8) is 0 Å². The normalized spacial score (nSPS) is 12.2. The molecule has 0 radical (unpaired) electrons. The summed E-state index contributed by atoms with van der Waals surface area (Å²) in [5.41, 5.74) is 0. The van der Waals surface area contributed by atoms with E-state index in [1.165, 1.54) is 0 Å². The topological polar surface area (TPSA) is 74.6 Å². The van der Waals surface area contributed by atoms with Crippen LogP contribution >= 0.6 is 15.9 Å². The molecule has 0 amide bonds. The number of halogens is 1. The summed E-state index contributed by atoms with van der Waals surface area (Å²) >= 11 is 3.16. The molecule has 116 valence electrons. The van der Waals surface area contributed by atoms with Gasteiger partial charge in [-0.2, -0.15) is 0 Å². The Hall–Kier alpha value is -0.410. The zero-order valence-electron chi connectivity index (χ0n) is 12.1. The van der Waals surface area contributed by atoms with E-state index in [4.69, 9.17) is 4.42 Å². The number of rotatable bonds is 9. The lowest BCUT2D eigenvalue weighted by Crippen LogP contribution is -2.27. The van der Waals surface area contributed by atoms with Crippen molar-refractivity contribution in [1.82, 2.24) is 14.9 Å². The van der Waals surface area contributed by atoms with E-state index in [2.05, 4.69) is 26.0 Å². The average molecular weight is 368 g/mol. The zero-order chi connectivity index (χ0) is 15.2. The van der Waals surface area contributed by atoms with Crippen molar-refractivity contribution in [1.29, 1.82) is 0 Å². The summed E-state index contributed by atoms with van der Waals surface area (Å²) in [7, 11) is 0.375. The van der Waals surface area contributed by atoms with E-state index in [1.54, 1.807) is 6.07 Å². The molecule has 0 spiro atoms. The smallest absolute Gasteiger partial charge is 0.244 e. The van der Waals surface area contributed by atoms with Crippen molar-refractivity contribution in [2.45, 2.75) is 24.8 Å². The first-order valence-electron chi connectivity index (χ1n) is 6.50. The standard InChI is InChI=1S/C12H22BrN3O3S/c1-4-14-9-10-8-11(12(13)19-10)20(17,18)15-6-5-7-16(2)3/h8,14-15H,4-7,9H2,1-3H3. The third kappa shape index (κ3) is 5.53. The second kappa shape index (κ2) is 8.14. The van der Waals surface area contributed by atoms with E-state index in [0.29, 0.717) is 18.8 Å². The first-order valence-corrected chi connectivity index (χ1v) is 8.77. The maximum Gasteiger partial charge on any atom is 0.244 e. The molecule has 2 N–H and O–H groups in total. The van der Waals surface area contributed by atoms with Gasteiger partial charge in [0.15, 0.2) is 4.67 Å². The molecule has 0 bridgehead atoms. The first-order chi connectivity index (χ1) is 9.36. The lowest BCUT2D eigenvalue weighted by Gasteiger charge is -2.09. The second-order valence-corrected chi connectivity index (χ2v) is 7.14. The highest BCUT2D eigenvalue weighted by Gasteiger charge is 2.21. The van der Waals surface area contributed by atoms with E-state index in [-0.39, 0.29) is 9.56 Å². The van der Waals surface area contributed by atoms with Crippen LogP contribution in [0.4, 0.5) is 0 Å². The third-order valence-electron chi connectivity index (χ3n) is 2.62. The Morgan fingerprint density at radius 3 is 2.70 bits per heavy atom. The molecule has 0 atom stereocenters. The average Bonchev–Trinajstić information content (AvgIpc) is 2.74. The Morgan fingerprint density at radius 1 is 1.40 bits per heavy atom. The highest BCUT2D eigenvalue weighted by Crippen LogP contribution is 2.25.